The lowest BCUT2D eigenvalue weighted by molar-refractivity contribution is 0.0819. The van der Waals surface area contributed by atoms with Crippen molar-refractivity contribution in [2.45, 2.75) is 26.0 Å². The molecular weight excluding hydrogens is 352 g/mol. The normalized spacial score (nSPS) is 15.6. The molecule has 0 saturated carbocycles. The number of nitrogens with zero attached hydrogens (tertiary/aromatic N) is 3. The maximum absolute atomic E-state index is 12.6. The Balaban J connectivity index is 1.46. The van der Waals surface area contributed by atoms with Crippen molar-refractivity contribution in [3.8, 4) is 0 Å². The van der Waals surface area contributed by atoms with Crippen molar-refractivity contribution < 1.29 is 9.63 Å². The van der Waals surface area contributed by atoms with E-state index < -0.39 is 0 Å². The molecule has 0 spiro atoms. The van der Waals surface area contributed by atoms with Gasteiger partial charge in [0.1, 0.15) is 11.5 Å². The summed E-state index contributed by atoms with van der Waals surface area (Å²) < 4.78 is 0. The third kappa shape index (κ3) is 4.06. The van der Waals surface area contributed by atoms with Crippen LogP contribution in [0.4, 0.5) is 0 Å². The van der Waals surface area contributed by atoms with Crippen LogP contribution < -0.4 is 5.32 Å². The van der Waals surface area contributed by atoms with Gasteiger partial charge in [-0.05, 0) is 24.1 Å². The fourth-order valence-electron chi connectivity index (χ4n) is 3.08. The first-order chi connectivity index (χ1) is 13.7. The second kappa shape index (κ2) is 8.00. The third-order valence-electron chi connectivity index (χ3n) is 4.49. The van der Waals surface area contributed by atoms with Gasteiger partial charge < -0.3 is 10.2 Å². The second-order valence-corrected chi connectivity index (χ2v) is 6.60. The average Bonchev–Trinajstić information content (AvgIpc) is 3.23. The van der Waals surface area contributed by atoms with Gasteiger partial charge in [0, 0.05) is 13.0 Å². The van der Waals surface area contributed by atoms with E-state index in [2.05, 4.69) is 20.4 Å². The topological polar surface area (TPSA) is 76.5 Å². The Kier molecular flexibility index (Phi) is 5.10. The number of hydrogen-bond acceptors (Lipinski definition) is 5. The Morgan fingerprint density at radius 3 is 2.54 bits per heavy atom. The summed E-state index contributed by atoms with van der Waals surface area (Å²) in [6.07, 6.45) is 0.281. The van der Waals surface area contributed by atoms with Gasteiger partial charge in [0.05, 0.1) is 11.4 Å². The van der Waals surface area contributed by atoms with Crippen molar-refractivity contribution >= 4 is 11.6 Å². The summed E-state index contributed by atoms with van der Waals surface area (Å²) >= 11 is 0. The van der Waals surface area contributed by atoms with E-state index in [1.807, 2.05) is 60.7 Å². The van der Waals surface area contributed by atoms with Crippen LogP contribution in [0.5, 0.6) is 0 Å². The highest BCUT2D eigenvalue weighted by Crippen LogP contribution is 2.28. The first-order valence-corrected chi connectivity index (χ1v) is 9.15. The molecule has 3 aromatic rings. The predicted octanol–water partition coefficient (Wildman–Crippen LogP) is 3.58. The van der Waals surface area contributed by atoms with E-state index >= 15 is 0 Å². The number of carbonyl (C=O) groups is 1. The van der Waals surface area contributed by atoms with Gasteiger partial charge in [-0.15, -0.1) is 0 Å². The van der Waals surface area contributed by atoms with Crippen molar-refractivity contribution in [3.63, 3.8) is 0 Å². The van der Waals surface area contributed by atoms with Gasteiger partial charge in [0.2, 0.25) is 0 Å². The van der Waals surface area contributed by atoms with Crippen molar-refractivity contribution in [2.75, 3.05) is 0 Å². The number of carbonyl (C=O) groups excluding carboxylic acids is 1. The Morgan fingerprint density at radius 1 is 1.07 bits per heavy atom. The average molecular weight is 372 g/mol. The van der Waals surface area contributed by atoms with E-state index in [4.69, 9.17) is 4.84 Å². The summed E-state index contributed by atoms with van der Waals surface area (Å²) in [5, 5.41) is 7.10. The molecule has 6 nitrogen and oxygen atoms in total. The van der Waals surface area contributed by atoms with Crippen molar-refractivity contribution in [1.82, 2.24) is 15.3 Å². The number of amides is 1. The van der Waals surface area contributed by atoms with Gasteiger partial charge in [0.25, 0.3) is 5.91 Å². The maximum atomic E-state index is 12.6. The molecule has 1 aliphatic rings. The van der Waals surface area contributed by atoms with Crippen LogP contribution in [0.15, 0.2) is 71.9 Å². The number of nitrogens with one attached hydrogen (secondary N) is 1. The van der Waals surface area contributed by atoms with Crippen LogP contribution in [0.1, 0.15) is 45.7 Å². The Morgan fingerprint density at radius 2 is 1.79 bits per heavy atom. The predicted molar refractivity (Wildman–Crippen MR) is 106 cm³/mol. The highest BCUT2D eigenvalue weighted by atomic mass is 16.6. The molecule has 4 rings (SSSR count). The lowest BCUT2D eigenvalue weighted by atomic mass is 10.0. The zero-order valence-corrected chi connectivity index (χ0v) is 15.5. The van der Waals surface area contributed by atoms with Gasteiger partial charge in [-0.3, -0.25) is 4.79 Å². The van der Waals surface area contributed by atoms with Crippen LogP contribution in [-0.4, -0.2) is 21.6 Å². The van der Waals surface area contributed by atoms with Gasteiger partial charge in [0.15, 0.2) is 6.10 Å². The number of benzene rings is 2. The van der Waals surface area contributed by atoms with Gasteiger partial charge >= 0.3 is 0 Å². The van der Waals surface area contributed by atoms with Crippen LogP contribution in [0.3, 0.4) is 0 Å². The smallest absolute Gasteiger partial charge is 0.270 e. The van der Waals surface area contributed by atoms with Crippen LogP contribution >= 0.6 is 0 Å². The summed E-state index contributed by atoms with van der Waals surface area (Å²) in [5.74, 6) is 0.289. The van der Waals surface area contributed by atoms with Gasteiger partial charge in [-0.25, -0.2) is 9.97 Å². The Bertz CT molecular complexity index is 1000. The van der Waals surface area contributed by atoms with E-state index in [1.54, 1.807) is 13.0 Å². The first kappa shape index (κ1) is 17.9. The van der Waals surface area contributed by atoms with Gasteiger partial charge in [-0.2, -0.15) is 0 Å². The van der Waals surface area contributed by atoms with E-state index in [9.17, 15) is 4.79 Å². The molecule has 1 atom stereocenters. The van der Waals surface area contributed by atoms with E-state index in [0.717, 1.165) is 16.8 Å². The molecule has 1 aromatic heterocycles. The van der Waals surface area contributed by atoms with Crippen molar-refractivity contribution in [1.29, 1.82) is 0 Å². The van der Waals surface area contributed by atoms with E-state index in [1.165, 1.54) is 0 Å². The highest BCUT2D eigenvalue weighted by Gasteiger charge is 2.26. The van der Waals surface area contributed by atoms with Crippen molar-refractivity contribution in [2.24, 2.45) is 5.16 Å². The van der Waals surface area contributed by atoms with E-state index in [0.29, 0.717) is 30.2 Å². The molecule has 0 aliphatic carbocycles. The molecule has 1 aliphatic heterocycles. The molecule has 1 amide bonds. The molecule has 28 heavy (non-hydrogen) atoms. The molecule has 140 valence electrons. The summed E-state index contributed by atoms with van der Waals surface area (Å²) in [7, 11) is 0. The molecule has 1 unspecified atom stereocenters. The number of aromatic nitrogens is 2. The molecule has 6 heteroatoms. The SMILES string of the molecule is Cc1nc(C(=O)NCc2ccccc2)cc(C2CC(c3ccccc3)=NO2)n1. The number of oxime groups is 1. The molecule has 0 saturated heterocycles. The molecule has 0 radical (unpaired) electrons. The third-order valence-corrected chi connectivity index (χ3v) is 4.49. The summed E-state index contributed by atoms with van der Waals surface area (Å²) in [6.45, 7) is 2.21. The van der Waals surface area contributed by atoms with Crippen LogP contribution in [0, 0.1) is 6.92 Å². The fraction of sp³-hybridized carbons (Fsp3) is 0.182. The second-order valence-electron chi connectivity index (χ2n) is 6.60. The van der Waals surface area contributed by atoms with Crippen molar-refractivity contribution in [3.05, 3.63) is 95.1 Å². The molecule has 2 aromatic carbocycles. The summed E-state index contributed by atoms with van der Waals surface area (Å²) in [6, 6.07) is 21.3. The maximum Gasteiger partial charge on any atom is 0.270 e. The zero-order valence-electron chi connectivity index (χ0n) is 15.5. The standard InChI is InChI=1S/C22H20N4O2/c1-15-24-19(21-13-18(26-28-21)17-10-6-3-7-11-17)12-20(25-15)22(27)23-14-16-8-4-2-5-9-16/h2-12,21H,13-14H2,1H3,(H,23,27). The zero-order chi connectivity index (χ0) is 19.3. The number of rotatable bonds is 5. The van der Waals surface area contributed by atoms with E-state index in [-0.39, 0.29) is 12.0 Å². The number of aryl methyl sites for hydroxylation is 1. The monoisotopic (exact) mass is 372 g/mol. The minimum absolute atomic E-state index is 0.238. The van der Waals surface area contributed by atoms with Gasteiger partial charge in [-0.1, -0.05) is 65.8 Å². The largest absolute Gasteiger partial charge is 0.385 e. The highest BCUT2D eigenvalue weighted by molar-refractivity contribution is 6.01. The minimum Gasteiger partial charge on any atom is -0.385 e. The number of hydrogen-bond donors (Lipinski definition) is 1. The summed E-state index contributed by atoms with van der Waals surface area (Å²) in [5.41, 5.74) is 3.91. The van der Waals surface area contributed by atoms with Crippen LogP contribution in [0.2, 0.25) is 0 Å². The van der Waals surface area contributed by atoms with Crippen LogP contribution in [-0.2, 0) is 11.4 Å². The Hall–Kier alpha value is -3.54. The minimum atomic E-state index is -0.322. The molecule has 2 heterocycles. The molecule has 0 fully saturated rings. The molecule has 1 N–H and O–H groups in total. The molecular formula is C22H20N4O2. The summed E-state index contributed by atoms with van der Waals surface area (Å²) in [4.78, 5) is 26.9. The first-order valence-electron chi connectivity index (χ1n) is 9.15. The quantitative estimate of drug-likeness (QED) is 0.743. The lowest BCUT2D eigenvalue weighted by Gasteiger charge is -2.11. The van der Waals surface area contributed by atoms with Crippen LogP contribution in [0.25, 0.3) is 0 Å². The fourth-order valence-corrected chi connectivity index (χ4v) is 3.08. The Labute approximate surface area is 163 Å². The lowest BCUT2D eigenvalue weighted by Crippen LogP contribution is -2.24. The molecule has 0 bridgehead atoms.